The third kappa shape index (κ3) is 5.48. The van der Waals surface area contributed by atoms with Crippen molar-refractivity contribution in [1.29, 1.82) is 0 Å². The number of carbonyl (C=O) groups excluding carboxylic acids is 3. The molecule has 1 aliphatic carbocycles. The summed E-state index contributed by atoms with van der Waals surface area (Å²) in [5, 5.41) is 14.6. The topological polar surface area (TPSA) is 105 Å². The van der Waals surface area contributed by atoms with Crippen molar-refractivity contribution < 1.29 is 24.2 Å². The molecule has 1 unspecified atom stereocenters. The van der Waals surface area contributed by atoms with Crippen LogP contribution < -0.4 is 10.6 Å². The van der Waals surface area contributed by atoms with Crippen LogP contribution in [-0.4, -0.2) is 35.2 Å². The second-order valence-corrected chi connectivity index (χ2v) is 6.35. The molecule has 25 heavy (non-hydrogen) atoms. The van der Waals surface area contributed by atoms with Crippen LogP contribution in [0.5, 0.6) is 5.75 Å². The molecule has 1 saturated carbocycles. The summed E-state index contributed by atoms with van der Waals surface area (Å²) in [5.74, 6) is -1.47. The number of nitrogens with one attached hydrogen (secondary N) is 2. The van der Waals surface area contributed by atoms with E-state index in [2.05, 4.69) is 10.6 Å². The molecule has 0 aliphatic heterocycles. The van der Waals surface area contributed by atoms with Gasteiger partial charge in [0.25, 0.3) is 5.91 Å². The Labute approximate surface area is 146 Å². The average Bonchev–Trinajstić information content (AvgIpc) is 2.57. The lowest BCUT2D eigenvalue weighted by atomic mass is 9.96. The second-order valence-electron chi connectivity index (χ2n) is 6.35. The van der Waals surface area contributed by atoms with Gasteiger partial charge in [0.2, 0.25) is 0 Å². The molecule has 0 spiro atoms. The molecule has 0 aromatic heterocycles. The summed E-state index contributed by atoms with van der Waals surface area (Å²) in [7, 11) is 0. The molecular formula is C18H24N2O5. The smallest absolute Gasteiger partial charge is 0.339 e. The number of urea groups is 1. The normalized spacial score (nSPS) is 15.9. The molecule has 136 valence electrons. The molecule has 1 aromatic rings. The zero-order valence-electron chi connectivity index (χ0n) is 14.5. The molecule has 0 radical (unpaired) electrons. The van der Waals surface area contributed by atoms with Gasteiger partial charge in [-0.3, -0.25) is 10.1 Å². The van der Waals surface area contributed by atoms with Gasteiger partial charge in [0.1, 0.15) is 5.75 Å². The maximum Gasteiger partial charge on any atom is 0.339 e. The Hall–Kier alpha value is -2.57. The summed E-state index contributed by atoms with van der Waals surface area (Å²) in [5.41, 5.74) is 0.760. The number of hydrogen-bond acceptors (Lipinski definition) is 5. The van der Waals surface area contributed by atoms with Gasteiger partial charge in [0, 0.05) is 6.04 Å². The van der Waals surface area contributed by atoms with E-state index < -0.39 is 24.0 Å². The van der Waals surface area contributed by atoms with Crippen molar-refractivity contribution in [3.63, 3.8) is 0 Å². The van der Waals surface area contributed by atoms with Crippen molar-refractivity contribution in [1.82, 2.24) is 10.6 Å². The van der Waals surface area contributed by atoms with Crippen molar-refractivity contribution >= 4 is 17.9 Å². The predicted molar refractivity (Wildman–Crippen MR) is 91.3 cm³/mol. The third-order valence-corrected chi connectivity index (χ3v) is 4.28. The van der Waals surface area contributed by atoms with Gasteiger partial charge in [-0.25, -0.2) is 9.59 Å². The fourth-order valence-corrected chi connectivity index (χ4v) is 2.70. The fourth-order valence-electron chi connectivity index (χ4n) is 2.70. The summed E-state index contributed by atoms with van der Waals surface area (Å²) in [6.07, 6.45) is 3.98. The van der Waals surface area contributed by atoms with Gasteiger partial charge in [0.05, 0.1) is 5.56 Å². The molecule has 1 fully saturated rings. The summed E-state index contributed by atoms with van der Waals surface area (Å²) in [6, 6.07) is 3.85. The van der Waals surface area contributed by atoms with E-state index in [-0.39, 0.29) is 17.4 Å². The number of carbonyl (C=O) groups is 3. The van der Waals surface area contributed by atoms with Crippen LogP contribution in [0.2, 0.25) is 0 Å². The Kier molecular flexibility index (Phi) is 6.38. The third-order valence-electron chi connectivity index (χ3n) is 4.28. The number of aryl methyl sites for hydroxylation is 1. The van der Waals surface area contributed by atoms with Gasteiger partial charge >= 0.3 is 12.0 Å². The Bertz CT molecular complexity index is 653. The first-order valence-corrected chi connectivity index (χ1v) is 8.49. The van der Waals surface area contributed by atoms with Gasteiger partial charge in [-0.1, -0.05) is 25.3 Å². The highest BCUT2D eigenvalue weighted by molar-refractivity contribution is 5.98. The number of benzene rings is 1. The van der Waals surface area contributed by atoms with Crippen LogP contribution in [0.1, 0.15) is 54.9 Å². The van der Waals surface area contributed by atoms with E-state index in [0.717, 1.165) is 25.7 Å². The highest BCUT2D eigenvalue weighted by Crippen LogP contribution is 2.19. The minimum atomic E-state index is -1.13. The quantitative estimate of drug-likeness (QED) is 0.725. The van der Waals surface area contributed by atoms with Crippen molar-refractivity contribution in [3.8, 4) is 5.75 Å². The van der Waals surface area contributed by atoms with E-state index in [1.165, 1.54) is 25.5 Å². The number of rotatable bonds is 4. The first kappa shape index (κ1) is 18.8. The van der Waals surface area contributed by atoms with Crippen LogP contribution in [0, 0.1) is 6.92 Å². The van der Waals surface area contributed by atoms with E-state index in [0.29, 0.717) is 5.56 Å². The van der Waals surface area contributed by atoms with E-state index in [9.17, 15) is 19.5 Å². The van der Waals surface area contributed by atoms with E-state index in [1.807, 2.05) is 0 Å². The Morgan fingerprint density at radius 3 is 2.52 bits per heavy atom. The van der Waals surface area contributed by atoms with Crippen LogP contribution in [0.4, 0.5) is 4.79 Å². The standard InChI is InChI=1S/C18H24N2O5/c1-11-8-9-13(10-15(11)21)17(23)25-12(2)16(22)20-18(24)19-14-6-4-3-5-7-14/h8-10,12,14,21H,3-7H2,1-2H3,(H2,19,20,22,24). The summed E-state index contributed by atoms with van der Waals surface area (Å²) in [4.78, 5) is 35.8. The Morgan fingerprint density at radius 2 is 1.88 bits per heavy atom. The van der Waals surface area contributed by atoms with E-state index in [4.69, 9.17) is 4.74 Å². The van der Waals surface area contributed by atoms with Crippen LogP contribution in [-0.2, 0) is 9.53 Å². The zero-order chi connectivity index (χ0) is 18.4. The number of imide groups is 1. The molecule has 3 amide bonds. The largest absolute Gasteiger partial charge is 0.508 e. The monoisotopic (exact) mass is 348 g/mol. The van der Waals surface area contributed by atoms with Crippen LogP contribution >= 0.6 is 0 Å². The van der Waals surface area contributed by atoms with Gasteiger partial charge in [0.15, 0.2) is 6.10 Å². The molecule has 1 aromatic carbocycles. The first-order valence-electron chi connectivity index (χ1n) is 8.49. The molecule has 7 heteroatoms. The lowest BCUT2D eigenvalue weighted by Gasteiger charge is -2.23. The van der Waals surface area contributed by atoms with Crippen LogP contribution in [0.25, 0.3) is 0 Å². The highest BCUT2D eigenvalue weighted by Gasteiger charge is 2.23. The first-order chi connectivity index (χ1) is 11.9. The predicted octanol–water partition coefficient (Wildman–Crippen LogP) is 2.40. The number of ether oxygens (including phenoxy) is 1. The lowest BCUT2D eigenvalue weighted by molar-refractivity contribution is -0.127. The van der Waals surface area contributed by atoms with Crippen molar-refractivity contribution in [3.05, 3.63) is 29.3 Å². The molecule has 2 rings (SSSR count). The van der Waals surface area contributed by atoms with Crippen molar-refractivity contribution in [2.45, 2.75) is 58.1 Å². The van der Waals surface area contributed by atoms with Gasteiger partial charge < -0.3 is 15.2 Å². The van der Waals surface area contributed by atoms with Gasteiger partial charge in [-0.15, -0.1) is 0 Å². The maximum absolute atomic E-state index is 12.0. The lowest BCUT2D eigenvalue weighted by Crippen LogP contribution is -2.48. The zero-order valence-corrected chi connectivity index (χ0v) is 14.5. The number of aromatic hydroxyl groups is 1. The number of phenols is 1. The highest BCUT2D eigenvalue weighted by atomic mass is 16.5. The van der Waals surface area contributed by atoms with Crippen LogP contribution in [0.3, 0.4) is 0 Å². The number of esters is 1. The minimum absolute atomic E-state index is 0.0292. The Balaban J connectivity index is 1.83. The Morgan fingerprint density at radius 1 is 1.20 bits per heavy atom. The number of phenolic OH excluding ortho intramolecular Hbond substituents is 1. The summed E-state index contributed by atoms with van der Waals surface area (Å²) >= 11 is 0. The minimum Gasteiger partial charge on any atom is -0.508 e. The second kappa shape index (κ2) is 8.50. The van der Waals surface area contributed by atoms with Gasteiger partial charge in [-0.2, -0.15) is 0 Å². The number of hydrogen-bond donors (Lipinski definition) is 3. The molecule has 1 aliphatic rings. The van der Waals surface area contributed by atoms with Gasteiger partial charge in [-0.05, 0) is 44.4 Å². The molecular weight excluding hydrogens is 324 g/mol. The SMILES string of the molecule is Cc1ccc(C(=O)OC(C)C(=O)NC(=O)NC2CCCCC2)cc1O. The van der Waals surface area contributed by atoms with Crippen molar-refractivity contribution in [2.24, 2.45) is 0 Å². The molecule has 7 nitrogen and oxygen atoms in total. The molecule has 1 atom stereocenters. The number of amides is 3. The van der Waals surface area contributed by atoms with Crippen LogP contribution in [0.15, 0.2) is 18.2 Å². The van der Waals surface area contributed by atoms with Crippen molar-refractivity contribution in [2.75, 3.05) is 0 Å². The van der Waals surface area contributed by atoms with E-state index >= 15 is 0 Å². The fraction of sp³-hybridized carbons (Fsp3) is 0.500. The maximum atomic E-state index is 12.0. The molecule has 0 bridgehead atoms. The molecule has 0 heterocycles. The average molecular weight is 348 g/mol. The molecule has 3 N–H and O–H groups in total. The molecule has 0 saturated heterocycles. The summed E-state index contributed by atoms with van der Waals surface area (Å²) < 4.78 is 5.04. The summed E-state index contributed by atoms with van der Waals surface area (Å²) in [6.45, 7) is 3.08. The van der Waals surface area contributed by atoms with E-state index in [1.54, 1.807) is 13.0 Å².